The molecule has 1 amide bonds. The summed E-state index contributed by atoms with van der Waals surface area (Å²) in [5, 5.41) is 2.73. The highest BCUT2D eigenvalue weighted by atomic mass is 35.5. The van der Waals surface area contributed by atoms with E-state index in [1.807, 2.05) is 6.92 Å². The monoisotopic (exact) mass is 332 g/mol. The summed E-state index contributed by atoms with van der Waals surface area (Å²) in [5.41, 5.74) is 6.57. The average molecular weight is 333 g/mol. The molecular formula is C14H21ClN2O3S. The average Bonchev–Trinajstić information content (AvgIpc) is 2.41. The number of sulfone groups is 1. The van der Waals surface area contributed by atoms with Crippen molar-refractivity contribution in [3.63, 3.8) is 0 Å². The highest BCUT2D eigenvalue weighted by molar-refractivity contribution is 7.91. The zero-order valence-corrected chi connectivity index (χ0v) is 13.8. The fourth-order valence-corrected chi connectivity index (χ4v) is 3.31. The molecule has 1 aromatic carbocycles. The lowest BCUT2D eigenvalue weighted by atomic mass is 10.2. The van der Waals surface area contributed by atoms with Gasteiger partial charge in [0.1, 0.15) is 0 Å². The van der Waals surface area contributed by atoms with Crippen LogP contribution in [0.3, 0.4) is 0 Å². The van der Waals surface area contributed by atoms with E-state index in [9.17, 15) is 13.2 Å². The van der Waals surface area contributed by atoms with Crippen LogP contribution in [0.1, 0.15) is 33.1 Å². The molecule has 118 valence electrons. The van der Waals surface area contributed by atoms with Crippen LogP contribution in [0.4, 0.5) is 11.4 Å². The summed E-state index contributed by atoms with van der Waals surface area (Å²) < 4.78 is 23.6. The number of carbonyl (C=O) groups excluding carboxylic acids is 1. The number of halogens is 1. The van der Waals surface area contributed by atoms with Gasteiger partial charge >= 0.3 is 0 Å². The first-order valence-electron chi connectivity index (χ1n) is 6.82. The van der Waals surface area contributed by atoms with Crippen molar-refractivity contribution in [2.24, 2.45) is 0 Å². The van der Waals surface area contributed by atoms with E-state index in [0.29, 0.717) is 29.2 Å². The molecule has 0 aromatic heterocycles. The fourth-order valence-electron chi connectivity index (χ4n) is 1.73. The molecule has 0 aliphatic rings. The minimum atomic E-state index is -3.11. The van der Waals surface area contributed by atoms with Crippen molar-refractivity contribution in [3.8, 4) is 0 Å². The third-order valence-electron chi connectivity index (χ3n) is 3.30. The van der Waals surface area contributed by atoms with Crippen molar-refractivity contribution < 1.29 is 13.2 Å². The molecule has 7 heteroatoms. The minimum absolute atomic E-state index is 0.0260. The Labute approximate surface area is 130 Å². The molecule has 0 saturated carbocycles. The SMILES string of the molecule is CCC(C)S(=O)(=O)CCCC(=O)Nc1ccc(Cl)c(N)c1. The predicted molar refractivity (Wildman–Crippen MR) is 87.3 cm³/mol. The van der Waals surface area contributed by atoms with Gasteiger partial charge in [-0.25, -0.2) is 8.42 Å². The van der Waals surface area contributed by atoms with E-state index < -0.39 is 9.84 Å². The van der Waals surface area contributed by atoms with Crippen molar-refractivity contribution in [2.45, 2.75) is 38.4 Å². The number of nitrogen functional groups attached to an aromatic ring is 1. The van der Waals surface area contributed by atoms with Gasteiger partial charge in [-0.3, -0.25) is 4.79 Å². The zero-order chi connectivity index (χ0) is 16.0. The Bertz CT molecular complexity index is 602. The molecule has 21 heavy (non-hydrogen) atoms. The van der Waals surface area contributed by atoms with E-state index in [0.717, 1.165) is 0 Å². The maximum Gasteiger partial charge on any atom is 0.224 e. The van der Waals surface area contributed by atoms with Crippen LogP contribution in [-0.4, -0.2) is 25.3 Å². The number of hydrogen-bond donors (Lipinski definition) is 2. The number of nitrogens with two attached hydrogens (primary N) is 1. The molecule has 0 fully saturated rings. The van der Waals surface area contributed by atoms with Crippen molar-refractivity contribution >= 4 is 38.7 Å². The van der Waals surface area contributed by atoms with E-state index in [2.05, 4.69) is 5.32 Å². The minimum Gasteiger partial charge on any atom is -0.397 e. The third-order valence-corrected chi connectivity index (χ3v) is 6.06. The van der Waals surface area contributed by atoms with Gasteiger partial charge in [0, 0.05) is 12.1 Å². The van der Waals surface area contributed by atoms with Gasteiger partial charge in [0.15, 0.2) is 9.84 Å². The Morgan fingerprint density at radius 1 is 1.43 bits per heavy atom. The molecule has 5 nitrogen and oxygen atoms in total. The second-order valence-electron chi connectivity index (χ2n) is 4.97. The van der Waals surface area contributed by atoms with Crippen LogP contribution in [0, 0.1) is 0 Å². The zero-order valence-electron chi connectivity index (χ0n) is 12.2. The van der Waals surface area contributed by atoms with Crippen molar-refractivity contribution in [1.82, 2.24) is 0 Å². The molecule has 0 radical (unpaired) electrons. The number of amides is 1. The summed E-state index contributed by atoms with van der Waals surface area (Å²) >= 11 is 5.79. The molecule has 0 heterocycles. The van der Waals surface area contributed by atoms with Crippen molar-refractivity contribution in [1.29, 1.82) is 0 Å². The highest BCUT2D eigenvalue weighted by Gasteiger charge is 2.18. The Balaban J connectivity index is 2.46. The molecule has 1 atom stereocenters. The van der Waals surface area contributed by atoms with Gasteiger partial charge in [0.25, 0.3) is 0 Å². The van der Waals surface area contributed by atoms with Gasteiger partial charge in [0.05, 0.1) is 21.7 Å². The van der Waals surface area contributed by atoms with E-state index in [1.54, 1.807) is 25.1 Å². The summed E-state index contributed by atoms with van der Waals surface area (Å²) in [4.78, 5) is 11.8. The number of rotatable bonds is 7. The quantitative estimate of drug-likeness (QED) is 0.751. The van der Waals surface area contributed by atoms with Crippen LogP contribution in [0.25, 0.3) is 0 Å². The number of nitrogens with one attached hydrogen (secondary N) is 1. The van der Waals surface area contributed by atoms with E-state index >= 15 is 0 Å². The molecule has 0 saturated heterocycles. The van der Waals surface area contributed by atoms with E-state index in [4.69, 9.17) is 17.3 Å². The van der Waals surface area contributed by atoms with Crippen LogP contribution in [0.2, 0.25) is 5.02 Å². The normalized spacial score (nSPS) is 12.9. The second kappa shape index (κ2) is 7.66. The van der Waals surface area contributed by atoms with Crippen LogP contribution in [-0.2, 0) is 14.6 Å². The predicted octanol–water partition coefficient (Wildman–Crippen LogP) is 2.85. The molecule has 1 unspecified atom stereocenters. The Kier molecular flexibility index (Phi) is 6.48. The van der Waals surface area contributed by atoms with Crippen LogP contribution >= 0.6 is 11.6 Å². The molecule has 0 aliphatic heterocycles. The Morgan fingerprint density at radius 2 is 2.10 bits per heavy atom. The molecule has 3 N–H and O–H groups in total. The lowest BCUT2D eigenvalue weighted by molar-refractivity contribution is -0.116. The van der Waals surface area contributed by atoms with Gasteiger partial charge in [0.2, 0.25) is 5.91 Å². The maximum absolute atomic E-state index is 11.8. The Hall–Kier alpha value is -1.27. The summed E-state index contributed by atoms with van der Waals surface area (Å²) in [6.07, 6.45) is 1.04. The first-order valence-corrected chi connectivity index (χ1v) is 8.92. The molecule has 1 aromatic rings. The second-order valence-corrected chi connectivity index (χ2v) is 7.92. The van der Waals surface area contributed by atoms with Crippen LogP contribution in [0.15, 0.2) is 18.2 Å². The van der Waals surface area contributed by atoms with Crippen LogP contribution < -0.4 is 11.1 Å². The molecule has 1 rings (SSSR count). The first kappa shape index (κ1) is 17.8. The number of carbonyl (C=O) groups is 1. The molecule has 0 aliphatic carbocycles. The number of hydrogen-bond acceptors (Lipinski definition) is 4. The number of anilines is 2. The topological polar surface area (TPSA) is 89.3 Å². The van der Waals surface area contributed by atoms with Gasteiger partial charge in [-0.2, -0.15) is 0 Å². The maximum atomic E-state index is 11.8. The number of benzene rings is 1. The standard InChI is InChI=1S/C14H21ClN2O3S/c1-3-10(2)21(19,20)8-4-5-14(18)17-11-6-7-12(15)13(16)9-11/h6-7,9-10H,3-5,8,16H2,1-2H3,(H,17,18). The van der Waals surface area contributed by atoms with Gasteiger partial charge in [-0.05, 0) is 38.0 Å². The molecule has 0 spiro atoms. The van der Waals surface area contributed by atoms with Crippen molar-refractivity contribution in [2.75, 3.05) is 16.8 Å². The van der Waals surface area contributed by atoms with Gasteiger partial charge in [-0.15, -0.1) is 0 Å². The third kappa shape index (κ3) is 5.55. The highest BCUT2D eigenvalue weighted by Crippen LogP contribution is 2.22. The Morgan fingerprint density at radius 3 is 2.67 bits per heavy atom. The summed E-state index contributed by atoms with van der Waals surface area (Å²) in [6, 6.07) is 4.81. The van der Waals surface area contributed by atoms with Gasteiger partial charge in [-0.1, -0.05) is 18.5 Å². The lowest BCUT2D eigenvalue weighted by Crippen LogP contribution is -2.21. The largest absolute Gasteiger partial charge is 0.397 e. The summed E-state index contributed by atoms with van der Waals surface area (Å²) in [5.74, 6) is -0.214. The van der Waals surface area contributed by atoms with Crippen molar-refractivity contribution in [3.05, 3.63) is 23.2 Å². The first-order chi connectivity index (χ1) is 9.76. The summed E-state index contributed by atoms with van der Waals surface area (Å²) in [6.45, 7) is 3.52. The smallest absolute Gasteiger partial charge is 0.224 e. The summed E-state index contributed by atoms with van der Waals surface area (Å²) in [7, 11) is -3.11. The van der Waals surface area contributed by atoms with E-state index in [1.165, 1.54) is 0 Å². The van der Waals surface area contributed by atoms with E-state index in [-0.39, 0.29) is 23.3 Å². The lowest BCUT2D eigenvalue weighted by Gasteiger charge is -2.10. The fraction of sp³-hybridized carbons (Fsp3) is 0.500. The molecular weight excluding hydrogens is 312 g/mol. The molecule has 0 bridgehead atoms. The van der Waals surface area contributed by atoms with Crippen LogP contribution in [0.5, 0.6) is 0 Å². The van der Waals surface area contributed by atoms with Gasteiger partial charge < -0.3 is 11.1 Å².